The van der Waals surface area contributed by atoms with E-state index in [-0.39, 0.29) is 0 Å². The third kappa shape index (κ3) is 5.48. The van der Waals surface area contributed by atoms with Crippen molar-refractivity contribution in [3.63, 3.8) is 0 Å². The average Bonchev–Trinajstić information content (AvgIpc) is 2.43. The van der Waals surface area contributed by atoms with Crippen molar-refractivity contribution in [2.24, 2.45) is 0 Å². The number of hydrogen-bond acceptors (Lipinski definition) is 5. The third-order valence-electron chi connectivity index (χ3n) is 2.62. The lowest BCUT2D eigenvalue weighted by Crippen LogP contribution is -2.41. The van der Waals surface area contributed by atoms with E-state index in [0.29, 0.717) is 0 Å². The van der Waals surface area contributed by atoms with Crippen molar-refractivity contribution in [2.75, 3.05) is 12.3 Å². The standard InChI is InChI=1S/C13H20N4S/c1-3-6-17-13(2,11-14)5-4-9-18-12-10-15-7-8-16-12/h7-8,10,17H,3-6,9H2,1-2H3. The molecule has 0 fully saturated rings. The summed E-state index contributed by atoms with van der Waals surface area (Å²) < 4.78 is 0. The Morgan fingerprint density at radius 2 is 2.33 bits per heavy atom. The van der Waals surface area contributed by atoms with E-state index in [4.69, 9.17) is 0 Å². The van der Waals surface area contributed by atoms with E-state index in [1.54, 1.807) is 30.4 Å². The normalized spacial score (nSPS) is 13.8. The second-order valence-electron chi connectivity index (χ2n) is 4.37. The van der Waals surface area contributed by atoms with Crippen LogP contribution in [-0.4, -0.2) is 27.8 Å². The lowest BCUT2D eigenvalue weighted by Gasteiger charge is -2.22. The summed E-state index contributed by atoms with van der Waals surface area (Å²) in [4.78, 5) is 8.22. The van der Waals surface area contributed by atoms with Gasteiger partial charge in [0, 0.05) is 12.4 Å². The number of thioether (sulfide) groups is 1. The molecule has 0 aliphatic heterocycles. The summed E-state index contributed by atoms with van der Waals surface area (Å²) in [6.07, 6.45) is 8.03. The Hall–Kier alpha value is -1.12. The lowest BCUT2D eigenvalue weighted by molar-refractivity contribution is 0.415. The first-order valence-corrected chi connectivity index (χ1v) is 7.24. The van der Waals surface area contributed by atoms with Crippen LogP contribution in [0.3, 0.4) is 0 Å². The van der Waals surface area contributed by atoms with Gasteiger partial charge in [0.15, 0.2) is 0 Å². The molecule has 1 aromatic heterocycles. The van der Waals surface area contributed by atoms with Gasteiger partial charge in [0.2, 0.25) is 0 Å². The Balaban J connectivity index is 2.26. The molecule has 0 radical (unpaired) electrons. The fourth-order valence-electron chi connectivity index (χ4n) is 1.55. The minimum Gasteiger partial charge on any atom is -0.300 e. The Kier molecular flexibility index (Phi) is 6.69. The molecule has 1 aromatic rings. The second-order valence-corrected chi connectivity index (χ2v) is 5.48. The maximum Gasteiger partial charge on any atom is 0.114 e. The van der Waals surface area contributed by atoms with Gasteiger partial charge < -0.3 is 0 Å². The highest BCUT2D eigenvalue weighted by atomic mass is 32.2. The fourth-order valence-corrected chi connectivity index (χ4v) is 2.32. The molecule has 18 heavy (non-hydrogen) atoms. The van der Waals surface area contributed by atoms with E-state index in [1.165, 1.54) is 0 Å². The van der Waals surface area contributed by atoms with Crippen LogP contribution in [0.1, 0.15) is 33.1 Å². The van der Waals surface area contributed by atoms with Gasteiger partial charge in [-0.15, -0.1) is 11.8 Å². The molecule has 0 saturated carbocycles. The van der Waals surface area contributed by atoms with E-state index >= 15 is 0 Å². The predicted molar refractivity (Wildman–Crippen MR) is 74.3 cm³/mol. The first-order chi connectivity index (χ1) is 8.70. The molecule has 0 bridgehead atoms. The molecule has 0 amide bonds. The smallest absolute Gasteiger partial charge is 0.114 e. The van der Waals surface area contributed by atoms with Gasteiger partial charge in [0.05, 0.1) is 12.3 Å². The highest BCUT2D eigenvalue weighted by Gasteiger charge is 2.21. The third-order valence-corrected chi connectivity index (χ3v) is 3.62. The van der Waals surface area contributed by atoms with Crippen molar-refractivity contribution in [3.8, 4) is 6.07 Å². The molecule has 1 rings (SSSR count). The Morgan fingerprint density at radius 1 is 1.50 bits per heavy atom. The highest BCUT2D eigenvalue weighted by molar-refractivity contribution is 7.99. The highest BCUT2D eigenvalue weighted by Crippen LogP contribution is 2.18. The molecule has 5 heteroatoms. The Morgan fingerprint density at radius 3 is 2.94 bits per heavy atom. The maximum atomic E-state index is 9.19. The predicted octanol–water partition coefficient (Wildman–Crippen LogP) is 2.63. The lowest BCUT2D eigenvalue weighted by atomic mass is 9.98. The quantitative estimate of drug-likeness (QED) is 0.577. The monoisotopic (exact) mass is 264 g/mol. The molecule has 1 N–H and O–H groups in total. The first-order valence-electron chi connectivity index (χ1n) is 6.25. The number of nitrogens with one attached hydrogen (secondary N) is 1. The summed E-state index contributed by atoms with van der Waals surface area (Å²) in [6.45, 7) is 4.96. The van der Waals surface area contributed by atoms with Crippen molar-refractivity contribution in [1.29, 1.82) is 5.26 Å². The minimum atomic E-state index is -0.404. The Bertz CT molecular complexity index is 376. The van der Waals surface area contributed by atoms with Crippen LogP contribution >= 0.6 is 11.8 Å². The van der Waals surface area contributed by atoms with E-state index in [1.807, 2.05) is 6.92 Å². The van der Waals surface area contributed by atoms with Gasteiger partial charge in [-0.1, -0.05) is 6.92 Å². The van der Waals surface area contributed by atoms with Gasteiger partial charge >= 0.3 is 0 Å². The Labute approximate surface area is 113 Å². The molecule has 1 unspecified atom stereocenters. The summed E-state index contributed by atoms with van der Waals surface area (Å²) in [7, 11) is 0. The van der Waals surface area contributed by atoms with Crippen LogP contribution in [0.15, 0.2) is 23.6 Å². The average molecular weight is 264 g/mol. The zero-order chi connectivity index (χ0) is 13.3. The number of nitrogens with zero attached hydrogens (tertiary/aromatic N) is 3. The summed E-state index contributed by atoms with van der Waals surface area (Å²) in [6, 6.07) is 2.36. The summed E-state index contributed by atoms with van der Waals surface area (Å²) in [5, 5.41) is 13.4. The van der Waals surface area contributed by atoms with Gasteiger partial charge in [-0.3, -0.25) is 10.3 Å². The molecule has 0 spiro atoms. The number of aromatic nitrogens is 2. The van der Waals surface area contributed by atoms with Crippen LogP contribution in [0.25, 0.3) is 0 Å². The molecular formula is C13H20N4S. The molecule has 0 aliphatic carbocycles. The topological polar surface area (TPSA) is 61.6 Å². The van der Waals surface area contributed by atoms with Crippen LogP contribution in [0, 0.1) is 11.3 Å². The van der Waals surface area contributed by atoms with E-state index in [2.05, 4.69) is 28.3 Å². The van der Waals surface area contributed by atoms with Gasteiger partial charge in [-0.05, 0) is 38.5 Å². The number of nitriles is 1. The SMILES string of the molecule is CCCNC(C)(C#N)CCCSc1cnccn1. The summed E-state index contributed by atoms with van der Waals surface area (Å²) in [5.41, 5.74) is -0.404. The van der Waals surface area contributed by atoms with Crippen LogP contribution < -0.4 is 5.32 Å². The fraction of sp³-hybridized carbons (Fsp3) is 0.615. The molecule has 0 saturated heterocycles. The van der Waals surface area contributed by atoms with Crippen molar-refractivity contribution in [3.05, 3.63) is 18.6 Å². The van der Waals surface area contributed by atoms with Crippen LogP contribution in [0.5, 0.6) is 0 Å². The van der Waals surface area contributed by atoms with Crippen LogP contribution in [0.2, 0.25) is 0 Å². The van der Waals surface area contributed by atoms with Crippen molar-refractivity contribution in [2.45, 2.75) is 43.7 Å². The van der Waals surface area contributed by atoms with Gasteiger partial charge in [-0.2, -0.15) is 5.26 Å². The molecule has 98 valence electrons. The zero-order valence-electron chi connectivity index (χ0n) is 11.0. The van der Waals surface area contributed by atoms with Crippen LogP contribution in [-0.2, 0) is 0 Å². The summed E-state index contributed by atoms with van der Waals surface area (Å²) >= 11 is 1.68. The van der Waals surface area contributed by atoms with E-state index < -0.39 is 5.54 Å². The first kappa shape index (κ1) is 14.9. The molecular weight excluding hydrogens is 244 g/mol. The molecule has 4 nitrogen and oxygen atoms in total. The molecule has 1 atom stereocenters. The van der Waals surface area contributed by atoms with E-state index in [0.717, 1.165) is 36.6 Å². The van der Waals surface area contributed by atoms with Crippen molar-refractivity contribution >= 4 is 11.8 Å². The second kappa shape index (κ2) is 8.06. The van der Waals surface area contributed by atoms with Gasteiger partial charge in [0.1, 0.15) is 10.6 Å². The largest absolute Gasteiger partial charge is 0.300 e. The summed E-state index contributed by atoms with van der Waals surface area (Å²) in [5.74, 6) is 0.962. The molecule has 1 heterocycles. The zero-order valence-corrected chi connectivity index (χ0v) is 11.8. The van der Waals surface area contributed by atoms with E-state index in [9.17, 15) is 5.26 Å². The molecule has 0 aromatic carbocycles. The number of rotatable bonds is 8. The number of hydrogen-bond donors (Lipinski definition) is 1. The van der Waals surface area contributed by atoms with Gasteiger partial charge in [0.25, 0.3) is 0 Å². The minimum absolute atomic E-state index is 0.404. The maximum absolute atomic E-state index is 9.19. The van der Waals surface area contributed by atoms with Crippen LogP contribution in [0.4, 0.5) is 0 Å². The van der Waals surface area contributed by atoms with Gasteiger partial charge in [-0.25, -0.2) is 4.98 Å². The van der Waals surface area contributed by atoms with Crippen molar-refractivity contribution < 1.29 is 0 Å². The van der Waals surface area contributed by atoms with Crippen molar-refractivity contribution in [1.82, 2.24) is 15.3 Å². The molecule has 0 aliphatic rings.